The van der Waals surface area contributed by atoms with Crippen molar-refractivity contribution in [3.05, 3.63) is 30.3 Å². The van der Waals surface area contributed by atoms with Crippen molar-refractivity contribution in [2.45, 2.75) is 0 Å². The zero-order chi connectivity index (χ0) is 5.82. The molecule has 0 amide bonds. The maximum Gasteiger partial charge on any atom is 0.192 e. The summed E-state index contributed by atoms with van der Waals surface area (Å²) in [6.07, 6.45) is 0. The molecule has 0 aliphatic heterocycles. The van der Waals surface area contributed by atoms with E-state index in [9.17, 15) is 4.57 Å². The molecule has 1 aromatic carbocycles. The van der Waals surface area contributed by atoms with Crippen molar-refractivity contribution in [1.29, 1.82) is 0 Å². The smallest absolute Gasteiger partial charge is 0.192 e. The number of hydrogen-bond donors (Lipinski definition) is 0. The summed E-state index contributed by atoms with van der Waals surface area (Å²) in [4.78, 5) is 0. The average Bonchev–Trinajstić information content (AvgIpc) is 1.90. The predicted octanol–water partition coefficient (Wildman–Crippen LogP) is 2.03. The highest BCUT2D eigenvalue weighted by atomic mass is 35.5. The molecule has 0 bridgehead atoms. The lowest BCUT2D eigenvalue weighted by Crippen LogP contribution is -1.84. The maximum atomic E-state index is 10.1. The molecule has 0 N–H and O–H groups in total. The molecule has 1 nitrogen and oxygen atoms in total. The monoisotopic (exact) mass is 160 g/mol. The number of halogens is 1. The lowest BCUT2D eigenvalue weighted by atomic mass is 10.4. The Labute approximate surface area is 61.7 Å². The van der Waals surface area contributed by atoms with Crippen LogP contribution in [0.15, 0.2) is 30.3 Å². The van der Waals surface area contributed by atoms with Gasteiger partial charge >= 0.3 is 0 Å². The van der Waals surface area contributed by atoms with E-state index in [0.717, 1.165) is 5.30 Å². The van der Waals surface area contributed by atoms with Crippen molar-refractivity contribution in [3.8, 4) is 0 Å². The van der Waals surface area contributed by atoms with E-state index in [2.05, 4.69) is 0 Å². The predicted molar refractivity (Wildman–Crippen MR) is 40.9 cm³/mol. The van der Waals surface area contributed by atoms with Crippen LogP contribution in [-0.2, 0) is 4.57 Å². The molecule has 0 spiro atoms. The summed E-state index contributed by atoms with van der Waals surface area (Å²) in [7, 11) is 0.0994. The van der Waals surface area contributed by atoms with E-state index in [-0.39, 0.29) is 20.9 Å². The van der Waals surface area contributed by atoms with E-state index in [1.54, 1.807) is 0 Å². The molecule has 3 heteroatoms. The summed E-state index contributed by atoms with van der Waals surface area (Å²) in [6.45, 7) is 0. The summed E-state index contributed by atoms with van der Waals surface area (Å²) in [5.74, 6) is 0. The van der Waals surface area contributed by atoms with Gasteiger partial charge in [-0.25, -0.2) is 0 Å². The summed E-state index contributed by atoms with van der Waals surface area (Å²) in [6, 6.07) is 9.25. The van der Waals surface area contributed by atoms with Gasteiger partial charge in [-0.2, -0.15) is 0 Å². The molecule has 0 fully saturated rings. The Morgan fingerprint density at radius 3 is 2.00 bits per heavy atom. The van der Waals surface area contributed by atoms with Gasteiger partial charge in [0.05, 0.1) is 0 Å². The lowest BCUT2D eigenvalue weighted by Gasteiger charge is -1.80. The van der Waals surface area contributed by atoms with Crippen LogP contribution in [-0.4, -0.2) is 0 Å². The molecule has 48 valence electrons. The van der Waals surface area contributed by atoms with Crippen LogP contribution in [0.3, 0.4) is 0 Å². The van der Waals surface area contributed by atoms with Gasteiger partial charge in [0.1, 0.15) is 0 Å². The van der Waals surface area contributed by atoms with E-state index >= 15 is 0 Å². The Morgan fingerprint density at radius 1 is 1.11 bits per heavy atom. The van der Waals surface area contributed by atoms with Gasteiger partial charge < -0.3 is 0 Å². The highest BCUT2D eigenvalue weighted by Crippen LogP contribution is 1.92. The fraction of sp³-hybridized carbons (Fsp3) is 0. The number of benzene rings is 1. The number of hydrogen-bond acceptors (Lipinski definition) is 1. The molecule has 0 aliphatic rings. The zero-order valence-corrected chi connectivity index (χ0v) is 6.36. The van der Waals surface area contributed by atoms with Crippen LogP contribution in [0.5, 0.6) is 0 Å². The molecule has 0 saturated carbocycles. The minimum atomic E-state index is 0. The van der Waals surface area contributed by atoms with E-state index in [1.165, 1.54) is 0 Å². The Kier molecular flexibility index (Phi) is 4.29. The molecule has 0 saturated heterocycles. The fourth-order valence-electron chi connectivity index (χ4n) is 0.489. The van der Waals surface area contributed by atoms with Crippen LogP contribution < -0.4 is 5.30 Å². The minimum Gasteiger partial charge on any atom is -0.269 e. The third kappa shape index (κ3) is 2.59. The lowest BCUT2D eigenvalue weighted by molar-refractivity contribution is 0.603. The third-order valence-corrected chi connectivity index (χ3v) is 1.37. The Morgan fingerprint density at radius 2 is 1.67 bits per heavy atom. The molecule has 1 aromatic rings. The van der Waals surface area contributed by atoms with Crippen LogP contribution in [0.4, 0.5) is 0 Å². The van der Waals surface area contributed by atoms with Crippen molar-refractivity contribution < 1.29 is 4.57 Å². The highest BCUT2D eigenvalue weighted by molar-refractivity contribution is 7.34. The molecular weight excluding hydrogens is 154 g/mol. The van der Waals surface area contributed by atoms with Gasteiger partial charge in [0.25, 0.3) is 0 Å². The van der Waals surface area contributed by atoms with E-state index < -0.39 is 0 Å². The van der Waals surface area contributed by atoms with Gasteiger partial charge in [-0.15, -0.1) is 12.4 Å². The van der Waals surface area contributed by atoms with E-state index in [0.29, 0.717) is 0 Å². The Bertz CT molecular complexity index is 176. The topological polar surface area (TPSA) is 17.1 Å². The molecule has 0 unspecified atom stereocenters. The molecule has 0 heterocycles. The Hall–Kier alpha value is -0.390. The zero-order valence-electron chi connectivity index (χ0n) is 4.65. The van der Waals surface area contributed by atoms with Crippen molar-refractivity contribution in [1.82, 2.24) is 0 Å². The second kappa shape index (κ2) is 4.49. The van der Waals surface area contributed by atoms with Gasteiger partial charge in [-0.1, -0.05) is 18.2 Å². The van der Waals surface area contributed by atoms with Crippen molar-refractivity contribution in [2.75, 3.05) is 0 Å². The summed E-state index contributed by atoms with van der Waals surface area (Å²) in [5.41, 5.74) is 0. The quantitative estimate of drug-likeness (QED) is 0.575. The summed E-state index contributed by atoms with van der Waals surface area (Å²) in [5, 5.41) is 0.826. The van der Waals surface area contributed by atoms with Gasteiger partial charge in [0, 0.05) is 5.30 Å². The second-order valence-corrected chi connectivity index (χ2v) is 2.13. The van der Waals surface area contributed by atoms with Crippen molar-refractivity contribution >= 4 is 26.2 Å². The largest absolute Gasteiger partial charge is 0.269 e. The van der Waals surface area contributed by atoms with Gasteiger partial charge in [-0.3, -0.25) is 4.57 Å². The first kappa shape index (κ1) is 8.61. The normalized spacial score (nSPS) is 8.44. The van der Waals surface area contributed by atoms with Crippen LogP contribution >= 0.6 is 20.9 Å². The van der Waals surface area contributed by atoms with Gasteiger partial charge in [-0.05, 0) is 12.1 Å². The first-order chi connectivity index (χ1) is 3.93. The van der Waals surface area contributed by atoms with Gasteiger partial charge in [0.15, 0.2) is 8.46 Å². The standard InChI is InChI=1S/C6H5OP.ClH/c7-8-6-4-2-1-3-5-6;/h1-5H;1H. The maximum absolute atomic E-state index is 10.1. The number of rotatable bonds is 1. The summed E-state index contributed by atoms with van der Waals surface area (Å²) >= 11 is 0. The molecule has 9 heavy (non-hydrogen) atoms. The second-order valence-electron chi connectivity index (χ2n) is 1.43. The molecule has 1 rings (SSSR count). The van der Waals surface area contributed by atoms with Crippen LogP contribution in [0, 0.1) is 0 Å². The van der Waals surface area contributed by atoms with Crippen LogP contribution in [0.1, 0.15) is 0 Å². The van der Waals surface area contributed by atoms with Crippen LogP contribution in [0.2, 0.25) is 0 Å². The molecule has 0 radical (unpaired) electrons. The summed E-state index contributed by atoms with van der Waals surface area (Å²) < 4.78 is 10.1. The van der Waals surface area contributed by atoms with E-state index in [1.807, 2.05) is 30.3 Å². The first-order valence-corrected chi connectivity index (χ1v) is 3.13. The SMILES string of the molecule is Cl.O=Pc1ccccc1. The van der Waals surface area contributed by atoms with E-state index in [4.69, 9.17) is 0 Å². The fourth-order valence-corrected chi connectivity index (χ4v) is 0.783. The highest BCUT2D eigenvalue weighted by Gasteiger charge is 1.81. The molecule has 0 aliphatic carbocycles. The van der Waals surface area contributed by atoms with Crippen LogP contribution in [0.25, 0.3) is 0 Å². The molecular formula is C6H6ClOP. The Balaban J connectivity index is 0.000000640. The third-order valence-electron chi connectivity index (χ3n) is 0.862. The molecule has 0 atom stereocenters. The van der Waals surface area contributed by atoms with Crippen molar-refractivity contribution in [2.24, 2.45) is 0 Å². The minimum absolute atomic E-state index is 0. The first-order valence-electron chi connectivity index (χ1n) is 2.32. The van der Waals surface area contributed by atoms with Gasteiger partial charge in [0.2, 0.25) is 0 Å². The average molecular weight is 161 g/mol. The molecule has 0 aromatic heterocycles. The van der Waals surface area contributed by atoms with Crippen molar-refractivity contribution in [3.63, 3.8) is 0 Å².